The number of carbonyl (C=O) groups is 2. The van der Waals surface area contributed by atoms with Crippen molar-refractivity contribution in [3.8, 4) is 0 Å². The van der Waals surface area contributed by atoms with Gasteiger partial charge in [0.05, 0.1) is 12.7 Å². The van der Waals surface area contributed by atoms with Gasteiger partial charge in [0.2, 0.25) is 0 Å². The second-order valence-corrected chi connectivity index (χ2v) is 6.97. The van der Waals surface area contributed by atoms with Crippen LogP contribution in [0.25, 0.3) is 5.57 Å². The summed E-state index contributed by atoms with van der Waals surface area (Å²) in [6.07, 6.45) is 5.09. The Morgan fingerprint density at radius 2 is 1.63 bits per heavy atom. The number of hydrogen-bond donors (Lipinski definition) is 1. The largest absolute Gasteiger partial charge is 0.465 e. The van der Waals surface area contributed by atoms with Crippen LogP contribution in [0.1, 0.15) is 47.1 Å². The zero-order chi connectivity index (χ0) is 20.6. The first-order valence-electron chi connectivity index (χ1n) is 8.81. The van der Waals surface area contributed by atoms with Crippen molar-refractivity contribution in [2.24, 2.45) is 0 Å². The highest BCUT2D eigenvalue weighted by molar-refractivity contribution is 5.97. The third kappa shape index (κ3) is 7.13. The first-order valence-corrected chi connectivity index (χ1v) is 8.81. The second-order valence-electron chi connectivity index (χ2n) is 6.97. The zero-order valence-electron chi connectivity index (χ0n) is 17.2. The molecule has 146 valence electrons. The summed E-state index contributed by atoms with van der Waals surface area (Å²) in [5.74, 6) is -0.381. The van der Waals surface area contributed by atoms with Gasteiger partial charge in [0.15, 0.2) is 0 Å². The monoisotopic (exact) mass is 371 g/mol. The number of carbonyl (C=O) groups excluding carboxylic acids is 2. The van der Waals surface area contributed by atoms with Crippen molar-refractivity contribution in [3.05, 3.63) is 59.2 Å². The molecule has 0 spiro atoms. The lowest BCUT2D eigenvalue weighted by Gasteiger charge is -2.19. The molecule has 5 nitrogen and oxygen atoms in total. The van der Waals surface area contributed by atoms with Gasteiger partial charge in [-0.15, -0.1) is 0 Å². The summed E-state index contributed by atoms with van der Waals surface area (Å²) >= 11 is 0. The molecule has 0 saturated carbocycles. The van der Waals surface area contributed by atoms with Crippen LogP contribution in [0.3, 0.4) is 0 Å². The highest BCUT2D eigenvalue weighted by atomic mass is 16.6. The molecule has 1 amide bonds. The fraction of sp³-hybridized carbons (Fsp3) is 0.364. The third-order valence-electron chi connectivity index (χ3n) is 3.74. The van der Waals surface area contributed by atoms with Crippen molar-refractivity contribution in [3.63, 3.8) is 0 Å². The maximum absolute atomic E-state index is 12.1. The van der Waals surface area contributed by atoms with Gasteiger partial charge in [0.1, 0.15) is 5.60 Å². The number of amides is 1. The van der Waals surface area contributed by atoms with E-state index in [9.17, 15) is 9.59 Å². The summed E-state index contributed by atoms with van der Waals surface area (Å²) in [6.45, 7) is 11.1. The second kappa shape index (κ2) is 9.76. The number of anilines is 1. The third-order valence-corrected chi connectivity index (χ3v) is 3.74. The van der Waals surface area contributed by atoms with Crippen molar-refractivity contribution in [2.75, 3.05) is 12.4 Å². The zero-order valence-corrected chi connectivity index (χ0v) is 17.2. The molecule has 0 saturated heterocycles. The van der Waals surface area contributed by atoms with E-state index in [1.165, 1.54) is 7.11 Å². The molecule has 0 aromatic heterocycles. The minimum atomic E-state index is -0.554. The van der Waals surface area contributed by atoms with Gasteiger partial charge in [-0.25, -0.2) is 9.59 Å². The summed E-state index contributed by atoms with van der Waals surface area (Å²) in [7, 11) is 1.37. The van der Waals surface area contributed by atoms with E-state index in [0.29, 0.717) is 11.3 Å². The molecule has 1 rings (SSSR count). The van der Waals surface area contributed by atoms with Crippen LogP contribution in [0.15, 0.2) is 53.6 Å². The van der Waals surface area contributed by atoms with E-state index >= 15 is 0 Å². The number of ether oxygens (including phenoxy) is 2. The van der Waals surface area contributed by atoms with E-state index in [2.05, 4.69) is 5.32 Å². The Kier molecular flexibility index (Phi) is 8.03. The van der Waals surface area contributed by atoms with Gasteiger partial charge in [-0.1, -0.05) is 24.3 Å². The Morgan fingerprint density at radius 3 is 2.07 bits per heavy atom. The van der Waals surface area contributed by atoms with Gasteiger partial charge in [-0.2, -0.15) is 0 Å². The Labute approximate surface area is 161 Å². The molecule has 0 radical (unpaired) electrons. The Balaban J connectivity index is 3.05. The van der Waals surface area contributed by atoms with Crippen LogP contribution in [0.4, 0.5) is 10.5 Å². The van der Waals surface area contributed by atoms with Gasteiger partial charge < -0.3 is 9.47 Å². The first kappa shape index (κ1) is 22.2. The molecular formula is C22H29NO4. The van der Waals surface area contributed by atoms with Crippen molar-refractivity contribution in [1.29, 1.82) is 0 Å². The lowest BCUT2D eigenvalue weighted by Crippen LogP contribution is -2.27. The molecule has 0 unspecified atom stereocenters. The predicted octanol–water partition coefficient (Wildman–Crippen LogP) is 5.50. The van der Waals surface area contributed by atoms with Crippen molar-refractivity contribution in [2.45, 2.75) is 47.1 Å². The van der Waals surface area contributed by atoms with E-state index in [1.54, 1.807) is 18.2 Å². The summed E-state index contributed by atoms with van der Waals surface area (Å²) in [5.41, 5.74) is 3.21. The Morgan fingerprint density at radius 1 is 1.04 bits per heavy atom. The molecule has 0 aliphatic carbocycles. The number of methoxy groups -OCH3 is 1. The van der Waals surface area contributed by atoms with Crippen LogP contribution in [0.2, 0.25) is 0 Å². The number of hydrogen-bond acceptors (Lipinski definition) is 4. The minimum Gasteiger partial charge on any atom is -0.465 e. The smallest absolute Gasteiger partial charge is 0.412 e. The van der Waals surface area contributed by atoms with E-state index in [0.717, 1.165) is 16.7 Å². The number of allylic oxidation sites excluding steroid dienone is 4. The van der Waals surface area contributed by atoms with E-state index in [-0.39, 0.29) is 5.97 Å². The highest BCUT2D eigenvalue weighted by Crippen LogP contribution is 2.23. The molecule has 0 fully saturated rings. The van der Waals surface area contributed by atoms with Gasteiger partial charge in [-0.3, -0.25) is 5.32 Å². The molecular weight excluding hydrogens is 342 g/mol. The maximum Gasteiger partial charge on any atom is 0.412 e. The average molecular weight is 371 g/mol. The molecule has 0 aliphatic rings. The van der Waals surface area contributed by atoms with Gasteiger partial charge >= 0.3 is 12.1 Å². The fourth-order valence-corrected chi connectivity index (χ4v) is 2.26. The molecule has 5 heteroatoms. The Hall–Kier alpha value is -2.82. The van der Waals surface area contributed by atoms with Crippen LogP contribution in [-0.4, -0.2) is 24.8 Å². The molecule has 1 aromatic rings. The lowest BCUT2D eigenvalue weighted by atomic mass is 9.99. The number of esters is 1. The van der Waals surface area contributed by atoms with E-state index in [1.807, 2.05) is 65.8 Å². The first-order chi connectivity index (χ1) is 12.6. The van der Waals surface area contributed by atoms with Crippen molar-refractivity contribution < 1.29 is 19.1 Å². The van der Waals surface area contributed by atoms with E-state index in [4.69, 9.17) is 9.47 Å². The lowest BCUT2D eigenvalue weighted by molar-refractivity contribution is -0.135. The van der Waals surface area contributed by atoms with Gasteiger partial charge in [-0.05, 0) is 76.5 Å². The van der Waals surface area contributed by atoms with Crippen molar-refractivity contribution >= 4 is 23.3 Å². The summed E-state index contributed by atoms with van der Waals surface area (Å²) in [5, 5.41) is 2.70. The van der Waals surface area contributed by atoms with Gasteiger partial charge in [0, 0.05) is 5.69 Å². The topological polar surface area (TPSA) is 64.6 Å². The standard InChI is InChI=1S/C22H29NO4/c1-8-15(3)19(20(24)26-7)14-16(9-2)17-10-12-18(13-11-17)23-21(25)27-22(4,5)6/h8-14H,1-7H3,(H,23,25). The number of benzene rings is 1. The molecule has 0 aliphatic heterocycles. The number of nitrogens with one attached hydrogen (secondary N) is 1. The molecule has 0 heterocycles. The van der Waals surface area contributed by atoms with Crippen LogP contribution in [0.5, 0.6) is 0 Å². The predicted molar refractivity (Wildman–Crippen MR) is 109 cm³/mol. The maximum atomic E-state index is 12.1. The molecule has 1 N–H and O–H groups in total. The van der Waals surface area contributed by atoms with Crippen LogP contribution in [0, 0.1) is 0 Å². The molecule has 0 bridgehead atoms. The number of rotatable bonds is 5. The highest BCUT2D eigenvalue weighted by Gasteiger charge is 2.16. The van der Waals surface area contributed by atoms with Crippen LogP contribution in [-0.2, 0) is 14.3 Å². The quantitative estimate of drug-likeness (QED) is 0.421. The van der Waals surface area contributed by atoms with Crippen LogP contribution >= 0.6 is 0 Å². The summed E-state index contributed by atoms with van der Waals surface area (Å²) < 4.78 is 10.1. The van der Waals surface area contributed by atoms with Crippen LogP contribution < -0.4 is 5.32 Å². The minimum absolute atomic E-state index is 0.381. The molecule has 1 aromatic carbocycles. The Bertz CT molecular complexity index is 762. The van der Waals surface area contributed by atoms with Gasteiger partial charge in [0.25, 0.3) is 0 Å². The SMILES string of the molecule is CC=C(C)C(=CC(=CC)c1ccc(NC(=O)OC(C)(C)C)cc1)C(=O)OC. The summed E-state index contributed by atoms with van der Waals surface area (Å²) in [4.78, 5) is 23.9. The normalized spacial score (nSPS) is 13.2. The average Bonchev–Trinajstić information content (AvgIpc) is 2.60. The molecule has 0 atom stereocenters. The van der Waals surface area contributed by atoms with E-state index < -0.39 is 11.7 Å². The summed E-state index contributed by atoms with van der Waals surface area (Å²) in [6, 6.07) is 7.32. The molecule has 27 heavy (non-hydrogen) atoms. The fourth-order valence-electron chi connectivity index (χ4n) is 2.26. The van der Waals surface area contributed by atoms with Crippen molar-refractivity contribution in [1.82, 2.24) is 0 Å².